The van der Waals surface area contributed by atoms with Gasteiger partial charge in [-0.2, -0.15) is 0 Å². The van der Waals surface area contributed by atoms with Crippen LogP contribution < -0.4 is 10.6 Å². The van der Waals surface area contributed by atoms with E-state index in [1.54, 1.807) is 0 Å². The summed E-state index contributed by atoms with van der Waals surface area (Å²) in [6.07, 6.45) is 1.99. The van der Waals surface area contributed by atoms with Gasteiger partial charge in [-0.05, 0) is 56.9 Å². The van der Waals surface area contributed by atoms with E-state index in [1.807, 2.05) is 74.2 Å². The van der Waals surface area contributed by atoms with Gasteiger partial charge in [-0.25, -0.2) is 4.79 Å². The van der Waals surface area contributed by atoms with Crippen LogP contribution in [0.5, 0.6) is 0 Å². The van der Waals surface area contributed by atoms with Crippen LogP contribution in [0.1, 0.15) is 67.1 Å². The molecule has 29 heavy (non-hydrogen) atoms. The highest BCUT2D eigenvalue weighted by Crippen LogP contribution is 2.27. The molecule has 2 atom stereocenters. The monoisotopic (exact) mass is 393 g/mol. The summed E-state index contributed by atoms with van der Waals surface area (Å²) in [5, 5.41) is 6.05. The fourth-order valence-electron chi connectivity index (χ4n) is 3.81. The predicted octanol–water partition coefficient (Wildman–Crippen LogP) is 4.48. The molecule has 1 saturated heterocycles. The van der Waals surface area contributed by atoms with Gasteiger partial charge in [0.05, 0.1) is 6.04 Å². The summed E-state index contributed by atoms with van der Waals surface area (Å²) in [5.74, 6) is 0.175. The maximum absolute atomic E-state index is 12.8. The molecule has 154 valence electrons. The SMILES string of the molecule is CC(C)NC(=O)N1CCCC(c2cccc(C(=O)NC(C)c3ccccc3)c2)C1. The first-order chi connectivity index (χ1) is 13.9. The summed E-state index contributed by atoms with van der Waals surface area (Å²) >= 11 is 0. The van der Waals surface area contributed by atoms with Crippen molar-refractivity contribution >= 4 is 11.9 Å². The highest BCUT2D eigenvalue weighted by Gasteiger charge is 2.25. The van der Waals surface area contributed by atoms with Gasteiger partial charge < -0.3 is 15.5 Å². The third-order valence-electron chi connectivity index (χ3n) is 5.39. The van der Waals surface area contributed by atoms with E-state index in [9.17, 15) is 9.59 Å². The Hall–Kier alpha value is -2.82. The second-order valence-electron chi connectivity index (χ2n) is 8.12. The molecule has 0 aromatic heterocycles. The molecule has 1 fully saturated rings. The van der Waals surface area contributed by atoms with Crippen molar-refractivity contribution in [3.05, 3.63) is 71.3 Å². The van der Waals surface area contributed by atoms with Gasteiger partial charge >= 0.3 is 6.03 Å². The summed E-state index contributed by atoms with van der Waals surface area (Å²) in [6.45, 7) is 7.40. The van der Waals surface area contributed by atoms with Gasteiger partial charge in [-0.1, -0.05) is 42.5 Å². The lowest BCUT2D eigenvalue weighted by molar-refractivity contribution is 0.0939. The topological polar surface area (TPSA) is 61.4 Å². The fraction of sp³-hybridized carbons (Fsp3) is 0.417. The molecule has 5 heteroatoms. The number of nitrogens with one attached hydrogen (secondary N) is 2. The van der Waals surface area contributed by atoms with Crippen molar-refractivity contribution in [1.82, 2.24) is 15.5 Å². The standard InChI is InChI=1S/C24H31N3O2/c1-17(2)25-24(29)27-14-8-13-22(16-27)20-11-7-12-21(15-20)23(28)26-18(3)19-9-5-4-6-10-19/h4-7,9-12,15,17-18,22H,8,13-14,16H2,1-3H3,(H,25,29)(H,26,28). The number of carbonyl (C=O) groups excluding carboxylic acids is 2. The van der Waals surface area contributed by atoms with Crippen LogP contribution in [0.15, 0.2) is 54.6 Å². The summed E-state index contributed by atoms with van der Waals surface area (Å²) in [5.41, 5.74) is 2.86. The first kappa shape index (κ1) is 20.9. The number of piperidine rings is 1. The van der Waals surface area contributed by atoms with Gasteiger partial charge in [0.15, 0.2) is 0 Å². The van der Waals surface area contributed by atoms with Crippen LogP contribution >= 0.6 is 0 Å². The molecule has 0 saturated carbocycles. The minimum atomic E-state index is -0.0755. The largest absolute Gasteiger partial charge is 0.346 e. The van der Waals surface area contributed by atoms with Crippen LogP contribution in [0.25, 0.3) is 0 Å². The molecule has 0 bridgehead atoms. The Morgan fingerprint density at radius 1 is 1.00 bits per heavy atom. The lowest BCUT2D eigenvalue weighted by atomic mass is 9.89. The number of amides is 3. The van der Waals surface area contributed by atoms with Crippen molar-refractivity contribution in [3.63, 3.8) is 0 Å². The fourth-order valence-corrected chi connectivity index (χ4v) is 3.81. The number of rotatable bonds is 5. The van der Waals surface area contributed by atoms with E-state index in [4.69, 9.17) is 0 Å². The first-order valence-electron chi connectivity index (χ1n) is 10.4. The molecule has 0 radical (unpaired) electrons. The third kappa shape index (κ3) is 5.59. The van der Waals surface area contributed by atoms with Crippen molar-refractivity contribution in [2.45, 2.75) is 51.6 Å². The second kappa shape index (κ2) is 9.59. The Morgan fingerprint density at radius 3 is 2.48 bits per heavy atom. The van der Waals surface area contributed by atoms with Crippen LogP contribution in [0.3, 0.4) is 0 Å². The third-order valence-corrected chi connectivity index (χ3v) is 5.39. The molecule has 1 aliphatic rings. The summed E-state index contributed by atoms with van der Waals surface area (Å²) in [6, 6.07) is 17.8. The van der Waals surface area contributed by atoms with Crippen LogP contribution in [0, 0.1) is 0 Å². The zero-order chi connectivity index (χ0) is 20.8. The number of likely N-dealkylation sites (tertiary alicyclic amines) is 1. The number of urea groups is 1. The first-order valence-corrected chi connectivity index (χ1v) is 10.4. The van der Waals surface area contributed by atoms with Crippen LogP contribution in [0.2, 0.25) is 0 Å². The van der Waals surface area contributed by atoms with Gasteiger partial charge in [-0.15, -0.1) is 0 Å². The van der Waals surface area contributed by atoms with Crippen molar-refractivity contribution in [2.24, 2.45) is 0 Å². The molecule has 0 aliphatic carbocycles. The number of hydrogen-bond donors (Lipinski definition) is 2. The average Bonchev–Trinajstić information content (AvgIpc) is 2.74. The second-order valence-corrected chi connectivity index (χ2v) is 8.12. The van der Waals surface area contributed by atoms with E-state index in [0.29, 0.717) is 12.1 Å². The molecular weight excluding hydrogens is 362 g/mol. The maximum atomic E-state index is 12.8. The molecule has 2 aromatic carbocycles. The zero-order valence-electron chi connectivity index (χ0n) is 17.5. The normalized spacial score (nSPS) is 17.7. The Morgan fingerprint density at radius 2 is 1.76 bits per heavy atom. The van der Waals surface area contributed by atoms with Crippen molar-refractivity contribution in [2.75, 3.05) is 13.1 Å². The Labute approximate surface area is 173 Å². The quantitative estimate of drug-likeness (QED) is 0.787. The zero-order valence-corrected chi connectivity index (χ0v) is 17.5. The van der Waals surface area contributed by atoms with E-state index >= 15 is 0 Å². The molecule has 0 spiro atoms. The van der Waals surface area contributed by atoms with Gasteiger partial charge in [0.1, 0.15) is 0 Å². The molecule has 2 N–H and O–H groups in total. The van der Waals surface area contributed by atoms with Crippen LogP contribution in [0.4, 0.5) is 4.79 Å². The van der Waals surface area contributed by atoms with E-state index < -0.39 is 0 Å². The van der Waals surface area contributed by atoms with Crippen molar-refractivity contribution in [3.8, 4) is 0 Å². The lowest BCUT2D eigenvalue weighted by Crippen LogP contribution is -2.47. The number of benzene rings is 2. The summed E-state index contributed by atoms with van der Waals surface area (Å²) in [4.78, 5) is 27.0. The minimum Gasteiger partial charge on any atom is -0.346 e. The Balaban J connectivity index is 1.67. The summed E-state index contributed by atoms with van der Waals surface area (Å²) in [7, 11) is 0. The highest BCUT2D eigenvalue weighted by molar-refractivity contribution is 5.94. The van der Waals surface area contributed by atoms with Crippen molar-refractivity contribution < 1.29 is 9.59 Å². The van der Waals surface area contributed by atoms with Gasteiger partial charge in [0.2, 0.25) is 0 Å². The number of carbonyl (C=O) groups is 2. The predicted molar refractivity (Wildman–Crippen MR) is 116 cm³/mol. The van der Waals surface area contributed by atoms with Gasteiger partial charge in [-0.3, -0.25) is 4.79 Å². The van der Waals surface area contributed by atoms with E-state index in [2.05, 4.69) is 16.7 Å². The number of hydrogen-bond acceptors (Lipinski definition) is 2. The Bertz CT molecular complexity index is 835. The molecule has 1 aliphatic heterocycles. The van der Waals surface area contributed by atoms with E-state index in [0.717, 1.165) is 30.5 Å². The van der Waals surface area contributed by atoms with Crippen LogP contribution in [-0.2, 0) is 0 Å². The number of nitrogens with zero attached hydrogens (tertiary/aromatic N) is 1. The molecule has 2 aromatic rings. The molecule has 2 unspecified atom stereocenters. The van der Waals surface area contributed by atoms with Gasteiger partial charge in [0, 0.05) is 30.6 Å². The lowest BCUT2D eigenvalue weighted by Gasteiger charge is -2.33. The van der Waals surface area contributed by atoms with E-state index in [-0.39, 0.29) is 29.9 Å². The smallest absolute Gasteiger partial charge is 0.317 e. The van der Waals surface area contributed by atoms with E-state index in [1.165, 1.54) is 0 Å². The van der Waals surface area contributed by atoms with Crippen molar-refractivity contribution in [1.29, 1.82) is 0 Å². The summed E-state index contributed by atoms with van der Waals surface area (Å²) < 4.78 is 0. The molecule has 5 nitrogen and oxygen atoms in total. The average molecular weight is 394 g/mol. The highest BCUT2D eigenvalue weighted by atomic mass is 16.2. The molecule has 3 rings (SSSR count). The Kier molecular flexibility index (Phi) is 6.91. The molecular formula is C24H31N3O2. The van der Waals surface area contributed by atoms with Gasteiger partial charge in [0.25, 0.3) is 5.91 Å². The maximum Gasteiger partial charge on any atom is 0.317 e. The van der Waals surface area contributed by atoms with Crippen LogP contribution in [-0.4, -0.2) is 36.0 Å². The minimum absolute atomic E-state index is 0.00437. The molecule has 1 heterocycles. The molecule has 3 amide bonds.